The van der Waals surface area contributed by atoms with E-state index < -0.39 is 6.10 Å². The molecule has 25 heavy (non-hydrogen) atoms. The number of hydrogen-bond donors (Lipinski definition) is 3. The van der Waals surface area contributed by atoms with Crippen LogP contribution < -0.4 is 5.32 Å². The summed E-state index contributed by atoms with van der Waals surface area (Å²) in [6.07, 6.45) is 0.890. The van der Waals surface area contributed by atoms with Crippen molar-refractivity contribution < 1.29 is 14.7 Å². The summed E-state index contributed by atoms with van der Waals surface area (Å²) in [6.45, 7) is 5.31. The summed E-state index contributed by atoms with van der Waals surface area (Å²) >= 11 is 0. The molecule has 1 aliphatic rings. The van der Waals surface area contributed by atoms with Crippen molar-refractivity contribution in [1.29, 1.82) is 0 Å². The maximum atomic E-state index is 12.2. The summed E-state index contributed by atoms with van der Waals surface area (Å²) in [5, 5.41) is 20.3. The van der Waals surface area contributed by atoms with E-state index in [2.05, 4.69) is 15.5 Å². The highest BCUT2D eigenvalue weighted by atomic mass is 16.3. The summed E-state index contributed by atoms with van der Waals surface area (Å²) in [6, 6.07) is -0.264. The number of amides is 2. The molecule has 1 aliphatic heterocycles. The molecule has 0 spiro atoms. The summed E-state index contributed by atoms with van der Waals surface area (Å²) in [4.78, 5) is 27.4. The number of nitrogens with one attached hydrogen (secondary N) is 2. The highest BCUT2D eigenvalue weighted by molar-refractivity contribution is 5.78. The molecule has 0 unspecified atom stereocenters. The number of aromatic amines is 1. The number of rotatable bonds is 6. The molecule has 2 heterocycles. The Morgan fingerprint density at radius 3 is 2.68 bits per heavy atom. The molecular formula is C17H29N5O3. The van der Waals surface area contributed by atoms with Crippen LogP contribution in [-0.4, -0.2) is 82.8 Å². The van der Waals surface area contributed by atoms with E-state index in [4.69, 9.17) is 0 Å². The van der Waals surface area contributed by atoms with E-state index in [0.717, 1.165) is 17.0 Å². The van der Waals surface area contributed by atoms with E-state index in [-0.39, 0.29) is 17.9 Å². The quantitative estimate of drug-likeness (QED) is 0.647. The number of nitrogens with zero attached hydrogens (tertiary/aromatic N) is 3. The van der Waals surface area contributed by atoms with Gasteiger partial charge in [-0.05, 0) is 25.8 Å². The molecule has 8 heteroatoms. The lowest BCUT2D eigenvalue weighted by atomic mass is 10.0. The predicted octanol–water partition coefficient (Wildman–Crippen LogP) is -0.401. The first-order valence-corrected chi connectivity index (χ1v) is 8.68. The van der Waals surface area contributed by atoms with Gasteiger partial charge in [0.2, 0.25) is 11.8 Å². The number of carbonyl (C=O) groups is 2. The number of likely N-dealkylation sites (tertiary alicyclic amines) is 1. The van der Waals surface area contributed by atoms with Crippen LogP contribution in [0.15, 0.2) is 0 Å². The summed E-state index contributed by atoms with van der Waals surface area (Å²) in [7, 11) is 3.43. The number of H-pyrrole nitrogens is 1. The van der Waals surface area contributed by atoms with E-state index in [1.54, 1.807) is 19.0 Å². The Kier molecular flexibility index (Phi) is 6.55. The van der Waals surface area contributed by atoms with Crippen LogP contribution in [0.5, 0.6) is 0 Å². The molecule has 0 aliphatic carbocycles. The Morgan fingerprint density at radius 1 is 1.40 bits per heavy atom. The van der Waals surface area contributed by atoms with Crippen molar-refractivity contribution in [3.63, 3.8) is 0 Å². The van der Waals surface area contributed by atoms with Gasteiger partial charge in [0.1, 0.15) is 0 Å². The van der Waals surface area contributed by atoms with Gasteiger partial charge in [0.15, 0.2) is 0 Å². The number of aromatic nitrogens is 2. The molecular weight excluding hydrogens is 322 g/mol. The lowest BCUT2D eigenvalue weighted by Crippen LogP contribution is -2.55. The van der Waals surface area contributed by atoms with Crippen LogP contribution in [0.4, 0.5) is 0 Å². The predicted molar refractivity (Wildman–Crippen MR) is 94.1 cm³/mol. The fourth-order valence-corrected chi connectivity index (χ4v) is 2.93. The first-order chi connectivity index (χ1) is 11.8. The van der Waals surface area contributed by atoms with Crippen molar-refractivity contribution in [3.8, 4) is 0 Å². The minimum Gasteiger partial charge on any atom is -0.390 e. The summed E-state index contributed by atoms with van der Waals surface area (Å²) in [5.74, 6) is -0.0683. The van der Waals surface area contributed by atoms with Crippen molar-refractivity contribution in [2.75, 3.05) is 33.7 Å². The first kappa shape index (κ1) is 19.4. The van der Waals surface area contributed by atoms with Crippen molar-refractivity contribution in [1.82, 2.24) is 25.3 Å². The van der Waals surface area contributed by atoms with Gasteiger partial charge in [-0.15, -0.1) is 0 Å². The van der Waals surface area contributed by atoms with E-state index in [1.807, 2.05) is 18.7 Å². The SMILES string of the molecule is Cc1[nH]nc(CCC(=O)N[C@@H]2CCN(CC(=O)N(C)C)C[C@H]2O)c1C. The van der Waals surface area contributed by atoms with Crippen LogP contribution in [0.3, 0.4) is 0 Å². The molecule has 2 atom stereocenters. The number of aliphatic hydroxyl groups excluding tert-OH is 1. The van der Waals surface area contributed by atoms with Gasteiger partial charge >= 0.3 is 0 Å². The van der Waals surface area contributed by atoms with Gasteiger partial charge in [-0.25, -0.2) is 0 Å². The summed E-state index contributed by atoms with van der Waals surface area (Å²) in [5.41, 5.74) is 3.02. The molecule has 0 radical (unpaired) electrons. The molecule has 8 nitrogen and oxygen atoms in total. The van der Waals surface area contributed by atoms with Crippen LogP contribution in [0.1, 0.15) is 29.8 Å². The fourth-order valence-electron chi connectivity index (χ4n) is 2.93. The summed E-state index contributed by atoms with van der Waals surface area (Å²) < 4.78 is 0. The molecule has 2 amide bonds. The fraction of sp³-hybridized carbons (Fsp3) is 0.706. The zero-order valence-corrected chi connectivity index (χ0v) is 15.5. The third-order valence-electron chi connectivity index (χ3n) is 4.81. The van der Waals surface area contributed by atoms with E-state index >= 15 is 0 Å². The highest BCUT2D eigenvalue weighted by Gasteiger charge is 2.29. The zero-order valence-electron chi connectivity index (χ0n) is 15.5. The molecule has 140 valence electrons. The van der Waals surface area contributed by atoms with Crippen molar-refractivity contribution in [2.45, 2.75) is 45.3 Å². The van der Waals surface area contributed by atoms with Crippen LogP contribution in [0.2, 0.25) is 0 Å². The lowest BCUT2D eigenvalue weighted by molar-refractivity contribution is -0.131. The average molecular weight is 351 g/mol. The van der Waals surface area contributed by atoms with Gasteiger partial charge in [0.25, 0.3) is 0 Å². The Labute approximate surface area is 148 Å². The smallest absolute Gasteiger partial charge is 0.236 e. The molecule has 3 N–H and O–H groups in total. The van der Waals surface area contributed by atoms with E-state index in [9.17, 15) is 14.7 Å². The number of carbonyl (C=O) groups excluding carboxylic acids is 2. The minimum absolute atomic E-state index is 0.0133. The third kappa shape index (κ3) is 5.27. The van der Waals surface area contributed by atoms with Crippen molar-refractivity contribution >= 4 is 11.8 Å². The van der Waals surface area contributed by atoms with Gasteiger partial charge in [-0.2, -0.15) is 5.10 Å². The van der Waals surface area contributed by atoms with Crippen LogP contribution in [0.25, 0.3) is 0 Å². The Morgan fingerprint density at radius 2 is 2.12 bits per heavy atom. The molecule has 2 rings (SSSR count). The first-order valence-electron chi connectivity index (χ1n) is 8.68. The maximum Gasteiger partial charge on any atom is 0.236 e. The van der Waals surface area contributed by atoms with E-state index in [0.29, 0.717) is 38.9 Å². The Hall–Kier alpha value is -1.93. The standard InChI is InChI=1S/C17H29N5O3/c1-11-12(2)19-20-13(11)5-6-16(24)18-14-7-8-22(9-15(14)23)10-17(25)21(3)4/h14-15,23H,5-10H2,1-4H3,(H,18,24)(H,19,20)/t14-,15-/m1/s1. The molecule has 0 bridgehead atoms. The van der Waals surface area contributed by atoms with Crippen molar-refractivity contribution in [2.24, 2.45) is 0 Å². The molecule has 0 saturated carbocycles. The number of aryl methyl sites for hydroxylation is 2. The number of piperidine rings is 1. The largest absolute Gasteiger partial charge is 0.390 e. The molecule has 1 aromatic rings. The number of aliphatic hydroxyl groups is 1. The van der Waals surface area contributed by atoms with Crippen molar-refractivity contribution in [3.05, 3.63) is 17.0 Å². The second-order valence-electron chi connectivity index (χ2n) is 6.97. The van der Waals surface area contributed by atoms with Crippen LogP contribution >= 0.6 is 0 Å². The second kappa shape index (κ2) is 8.44. The van der Waals surface area contributed by atoms with Crippen LogP contribution in [-0.2, 0) is 16.0 Å². The molecule has 1 fully saturated rings. The topological polar surface area (TPSA) is 102 Å². The Bertz CT molecular complexity index is 613. The molecule has 1 aromatic heterocycles. The number of hydrogen-bond acceptors (Lipinski definition) is 5. The van der Waals surface area contributed by atoms with Gasteiger partial charge in [0, 0.05) is 45.7 Å². The van der Waals surface area contributed by atoms with E-state index in [1.165, 1.54) is 0 Å². The monoisotopic (exact) mass is 351 g/mol. The second-order valence-corrected chi connectivity index (χ2v) is 6.97. The maximum absolute atomic E-state index is 12.2. The number of likely N-dealkylation sites (N-methyl/N-ethyl adjacent to an activating group) is 1. The van der Waals surface area contributed by atoms with Gasteiger partial charge in [-0.3, -0.25) is 19.6 Å². The highest BCUT2D eigenvalue weighted by Crippen LogP contribution is 2.13. The number of β-amino-alcohol motifs (C(OH)–C–C–N with tert-alkyl or cyclic N) is 1. The van der Waals surface area contributed by atoms with Gasteiger partial charge < -0.3 is 15.3 Å². The lowest BCUT2D eigenvalue weighted by Gasteiger charge is -2.36. The normalized spacial score (nSPS) is 21.2. The average Bonchev–Trinajstić information content (AvgIpc) is 2.87. The van der Waals surface area contributed by atoms with Crippen LogP contribution in [0, 0.1) is 13.8 Å². The minimum atomic E-state index is -0.665. The molecule has 0 aromatic carbocycles. The van der Waals surface area contributed by atoms with Gasteiger partial charge in [-0.1, -0.05) is 0 Å². The molecule has 1 saturated heterocycles. The van der Waals surface area contributed by atoms with Gasteiger partial charge in [0.05, 0.1) is 24.4 Å². The Balaban J connectivity index is 1.76. The third-order valence-corrected chi connectivity index (χ3v) is 4.81. The zero-order chi connectivity index (χ0) is 18.6.